The third kappa shape index (κ3) is 4.44. The number of ether oxygens (including phenoxy) is 1. The minimum atomic E-state index is -0.784. The second-order valence-corrected chi connectivity index (χ2v) is 4.83. The summed E-state index contributed by atoms with van der Waals surface area (Å²) in [4.78, 5) is 23.1. The maximum absolute atomic E-state index is 11.6. The zero-order valence-electron chi connectivity index (χ0n) is 10.3. The number of hydroxylamine groups is 2. The van der Waals surface area contributed by atoms with Crippen LogP contribution in [0.25, 0.3) is 0 Å². The standard InChI is InChI=1S/C11H18N2O4/c1-11(2,3)17-10(15)12-8-6-4-5-7-13(16)9(8)14/h4-5,8,16H,6-7H2,1-3H3,(H,12,15). The van der Waals surface area contributed by atoms with Gasteiger partial charge >= 0.3 is 6.09 Å². The van der Waals surface area contributed by atoms with Crippen LogP contribution in [0.15, 0.2) is 12.2 Å². The highest BCUT2D eigenvalue weighted by Crippen LogP contribution is 2.09. The highest BCUT2D eigenvalue weighted by atomic mass is 16.6. The Balaban J connectivity index is 2.58. The Morgan fingerprint density at radius 2 is 2.18 bits per heavy atom. The molecule has 1 rings (SSSR count). The summed E-state index contributed by atoms with van der Waals surface area (Å²) < 4.78 is 5.04. The molecule has 1 unspecified atom stereocenters. The van der Waals surface area contributed by atoms with Gasteiger partial charge in [0.25, 0.3) is 5.91 Å². The minimum Gasteiger partial charge on any atom is -0.444 e. The summed E-state index contributed by atoms with van der Waals surface area (Å²) in [7, 11) is 0. The van der Waals surface area contributed by atoms with Crippen LogP contribution in [0.2, 0.25) is 0 Å². The molecule has 0 radical (unpaired) electrons. The number of rotatable bonds is 1. The normalized spacial score (nSPS) is 21.1. The number of nitrogens with zero attached hydrogens (tertiary/aromatic N) is 1. The lowest BCUT2D eigenvalue weighted by molar-refractivity contribution is -0.164. The molecule has 1 aliphatic heterocycles. The molecule has 0 saturated carbocycles. The van der Waals surface area contributed by atoms with Gasteiger partial charge in [-0.25, -0.2) is 9.86 Å². The van der Waals surface area contributed by atoms with E-state index in [4.69, 9.17) is 4.74 Å². The molecule has 0 aromatic carbocycles. The van der Waals surface area contributed by atoms with E-state index in [1.165, 1.54) is 0 Å². The molecular weight excluding hydrogens is 224 g/mol. The highest BCUT2D eigenvalue weighted by Gasteiger charge is 2.27. The predicted molar refractivity (Wildman–Crippen MR) is 60.4 cm³/mol. The van der Waals surface area contributed by atoms with E-state index in [2.05, 4.69) is 5.32 Å². The number of carbonyl (C=O) groups excluding carboxylic acids is 2. The lowest BCUT2D eigenvalue weighted by atomic mass is 10.2. The molecule has 6 nitrogen and oxygen atoms in total. The third-order valence-corrected chi connectivity index (χ3v) is 2.06. The summed E-state index contributed by atoms with van der Waals surface area (Å²) in [6, 6.07) is -0.784. The summed E-state index contributed by atoms with van der Waals surface area (Å²) in [6.45, 7) is 5.34. The van der Waals surface area contributed by atoms with E-state index in [1.807, 2.05) is 0 Å². The van der Waals surface area contributed by atoms with E-state index in [0.717, 1.165) is 0 Å². The predicted octanol–water partition coefficient (Wildman–Crippen LogP) is 1.06. The molecule has 2 amide bonds. The SMILES string of the molecule is CC(C)(C)OC(=O)NC1CC=CCN(O)C1=O. The lowest BCUT2D eigenvalue weighted by Crippen LogP contribution is -2.47. The molecule has 0 fully saturated rings. The van der Waals surface area contributed by atoms with Crippen LogP contribution in [0, 0.1) is 0 Å². The Labute approximate surface area is 100 Å². The van der Waals surface area contributed by atoms with E-state index in [0.29, 0.717) is 11.5 Å². The smallest absolute Gasteiger partial charge is 0.408 e. The van der Waals surface area contributed by atoms with Crippen LogP contribution in [0.5, 0.6) is 0 Å². The van der Waals surface area contributed by atoms with E-state index in [1.54, 1.807) is 32.9 Å². The largest absolute Gasteiger partial charge is 0.444 e. The van der Waals surface area contributed by atoms with Crippen LogP contribution in [0.1, 0.15) is 27.2 Å². The van der Waals surface area contributed by atoms with Gasteiger partial charge in [-0.3, -0.25) is 10.0 Å². The summed E-state index contributed by atoms with van der Waals surface area (Å²) in [5.74, 6) is -0.541. The zero-order chi connectivity index (χ0) is 13.1. The Kier molecular flexibility index (Phi) is 4.11. The van der Waals surface area contributed by atoms with Gasteiger partial charge in [0, 0.05) is 0 Å². The zero-order valence-corrected chi connectivity index (χ0v) is 10.3. The molecule has 1 aliphatic rings. The Morgan fingerprint density at radius 3 is 2.76 bits per heavy atom. The fourth-order valence-corrected chi connectivity index (χ4v) is 1.35. The molecule has 0 bridgehead atoms. The van der Waals surface area contributed by atoms with E-state index >= 15 is 0 Å². The molecule has 0 aromatic heterocycles. The number of carbonyl (C=O) groups is 2. The van der Waals surface area contributed by atoms with E-state index in [9.17, 15) is 14.8 Å². The van der Waals surface area contributed by atoms with Crippen LogP contribution in [0.4, 0.5) is 4.79 Å². The number of hydrogen-bond acceptors (Lipinski definition) is 4. The fourth-order valence-electron chi connectivity index (χ4n) is 1.35. The Bertz CT molecular complexity index is 333. The van der Waals surface area contributed by atoms with Crippen molar-refractivity contribution < 1.29 is 19.5 Å². The monoisotopic (exact) mass is 242 g/mol. The molecule has 6 heteroatoms. The minimum absolute atomic E-state index is 0.130. The second-order valence-electron chi connectivity index (χ2n) is 4.83. The topological polar surface area (TPSA) is 78.9 Å². The van der Waals surface area contributed by atoms with Crippen molar-refractivity contribution >= 4 is 12.0 Å². The summed E-state index contributed by atoms with van der Waals surface area (Å²) >= 11 is 0. The summed E-state index contributed by atoms with van der Waals surface area (Å²) in [5, 5.41) is 12.3. The molecule has 0 aliphatic carbocycles. The van der Waals surface area contributed by atoms with Crippen molar-refractivity contribution in [2.75, 3.05) is 6.54 Å². The molecule has 0 aromatic rings. The number of nitrogens with one attached hydrogen (secondary N) is 1. The van der Waals surface area contributed by atoms with Crippen LogP contribution in [-0.4, -0.2) is 40.5 Å². The quantitative estimate of drug-likeness (QED) is 0.532. The van der Waals surface area contributed by atoms with Crippen molar-refractivity contribution in [3.8, 4) is 0 Å². The van der Waals surface area contributed by atoms with Crippen LogP contribution >= 0.6 is 0 Å². The van der Waals surface area contributed by atoms with Crippen molar-refractivity contribution in [3.63, 3.8) is 0 Å². The average Bonchev–Trinajstić information content (AvgIpc) is 2.30. The number of alkyl carbamates (subject to hydrolysis) is 1. The van der Waals surface area contributed by atoms with Gasteiger partial charge in [0.1, 0.15) is 11.6 Å². The molecule has 0 spiro atoms. The third-order valence-electron chi connectivity index (χ3n) is 2.06. The van der Waals surface area contributed by atoms with Gasteiger partial charge in [-0.2, -0.15) is 0 Å². The van der Waals surface area contributed by atoms with Gasteiger partial charge in [0.05, 0.1) is 6.54 Å². The number of amides is 2. The molecule has 0 saturated heterocycles. The maximum Gasteiger partial charge on any atom is 0.408 e. The maximum atomic E-state index is 11.6. The van der Waals surface area contributed by atoms with E-state index < -0.39 is 23.6 Å². The molecular formula is C11H18N2O4. The second kappa shape index (κ2) is 5.18. The van der Waals surface area contributed by atoms with E-state index in [-0.39, 0.29) is 6.54 Å². The first-order valence-corrected chi connectivity index (χ1v) is 5.44. The molecule has 17 heavy (non-hydrogen) atoms. The van der Waals surface area contributed by atoms with Crippen molar-refractivity contribution in [2.24, 2.45) is 0 Å². The van der Waals surface area contributed by atoms with Gasteiger partial charge in [0.15, 0.2) is 0 Å². The summed E-state index contributed by atoms with van der Waals surface area (Å²) in [5.41, 5.74) is -0.618. The number of hydrogen-bond donors (Lipinski definition) is 2. The average molecular weight is 242 g/mol. The van der Waals surface area contributed by atoms with Crippen molar-refractivity contribution in [2.45, 2.75) is 38.8 Å². The van der Waals surface area contributed by atoms with Gasteiger partial charge in [-0.15, -0.1) is 0 Å². The Hall–Kier alpha value is -1.56. The molecule has 1 atom stereocenters. The van der Waals surface area contributed by atoms with Crippen LogP contribution in [-0.2, 0) is 9.53 Å². The van der Waals surface area contributed by atoms with Crippen molar-refractivity contribution in [3.05, 3.63) is 12.2 Å². The van der Waals surface area contributed by atoms with Crippen LogP contribution < -0.4 is 5.32 Å². The summed E-state index contributed by atoms with van der Waals surface area (Å²) in [6.07, 6.45) is 3.07. The molecule has 1 heterocycles. The fraction of sp³-hybridized carbons (Fsp3) is 0.636. The Morgan fingerprint density at radius 1 is 1.53 bits per heavy atom. The van der Waals surface area contributed by atoms with Crippen molar-refractivity contribution in [1.29, 1.82) is 0 Å². The molecule has 96 valence electrons. The first-order valence-electron chi connectivity index (χ1n) is 5.44. The first kappa shape index (κ1) is 13.5. The highest BCUT2D eigenvalue weighted by molar-refractivity contribution is 5.85. The van der Waals surface area contributed by atoms with Gasteiger partial charge in [-0.05, 0) is 27.2 Å². The molecule has 2 N–H and O–H groups in total. The van der Waals surface area contributed by atoms with Gasteiger partial charge in [0.2, 0.25) is 0 Å². The first-order chi connectivity index (χ1) is 7.79. The van der Waals surface area contributed by atoms with Crippen LogP contribution in [0.3, 0.4) is 0 Å². The lowest BCUT2D eigenvalue weighted by Gasteiger charge is -2.23. The van der Waals surface area contributed by atoms with Crippen molar-refractivity contribution in [1.82, 2.24) is 10.4 Å². The van der Waals surface area contributed by atoms with Gasteiger partial charge < -0.3 is 10.1 Å². The van der Waals surface area contributed by atoms with Gasteiger partial charge in [-0.1, -0.05) is 12.2 Å².